The second kappa shape index (κ2) is 8.32. The van der Waals surface area contributed by atoms with Crippen LogP contribution in [0.1, 0.15) is 31.4 Å². The van der Waals surface area contributed by atoms with E-state index in [9.17, 15) is 13.2 Å². The van der Waals surface area contributed by atoms with E-state index in [-0.39, 0.29) is 22.6 Å². The first kappa shape index (κ1) is 20.4. The number of sulfonamides is 1. The molecule has 0 bridgehead atoms. The Balaban J connectivity index is 1.84. The lowest BCUT2D eigenvalue weighted by atomic mass is 9.98. The molecule has 1 amide bonds. The molecule has 0 radical (unpaired) electrons. The summed E-state index contributed by atoms with van der Waals surface area (Å²) in [5.41, 5.74) is 1.40. The molecule has 6 nitrogen and oxygen atoms in total. The maximum atomic E-state index is 12.8. The normalized spacial score (nSPS) is 18.2. The maximum absolute atomic E-state index is 12.8. The number of nitrogens with zero attached hydrogens (tertiary/aromatic N) is 1. The van der Waals surface area contributed by atoms with Gasteiger partial charge >= 0.3 is 0 Å². The number of carbonyl (C=O) groups excluding carboxylic acids is 1. The Labute approximate surface area is 170 Å². The highest BCUT2D eigenvalue weighted by Gasteiger charge is 2.33. The molecule has 0 fully saturated rings. The average Bonchev–Trinajstić information content (AvgIpc) is 2.95. The van der Waals surface area contributed by atoms with Gasteiger partial charge in [-0.2, -0.15) is 0 Å². The first-order valence-electron chi connectivity index (χ1n) is 9.04. The van der Waals surface area contributed by atoms with Crippen LogP contribution in [0.25, 0.3) is 0 Å². The van der Waals surface area contributed by atoms with Gasteiger partial charge in [-0.1, -0.05) is 56.1 Å². The number of halogens is 1. The number of amidine groups is 1. The zero-order chi connectivity index (χ0) is 20.3. The number of rotatable bonds is 6. The largest absolute Gasteiger partial charge is 0.350 e. The molecule has 0 saturated carbocycles. The van der Waals surface area contributed by atoms with E-state index in [0.29, 0.717) is 17.1 Å². The summed E-state index contributed by atoms with van der Waals surface area (Å²) in [6.07, 6.45) is 0.726. The quantitative estimate of drug-likeness (QED) is 0.754. The van der Waals surface area contributed by atoms with E-state index in [4.69, 9.17) is 11.6 Å². The topological polar surface area (TPSA) is 87.6 Å². The van der Waals surface area contributed by atoms with Crippen molar-refractivity contribution in [1.29, 1.82) is 0 Å². The van der Waals surface area contributed by atoms with Crippen molar-refractivity contribution in [3.63, 3.8) is 0 Å². The lowest BCUT2D eigenvalue weighted by Crippen LogP contribution is -2.38. The second-order valence-electron chi connectivity index (χ2n) is 6.75. The lowest BCUT2D eigenvalue weighted by Gasteiger charge is -2.19. The van der Waals surface area contributed by atoms with E-state index < -0.39 is 16.1 Å². The van der Waals surface area contributed by atoms with E-state index >= 15 is 0 Å². The fourth-order valence-electron chi connectivity index (χ4n) is 2.93. The number of hydrogen-bond acceptors (Lipinski definition) is 4. The molecular formula is C20H22ClN3O3S. The minimum Gasteiger partial charge on any atom is -0.350 e. The standard InChI is InChI=1S/C20H22ClN3O3S/c1-3-13(2)18(20(25)22-12-14-8-10-15(21)11-9-14)23-19-16-6-4-5-7-17(16)28(26,27)24-19/h4-11,13,18H,3,12H2,1-2H3,(H,22,25)(H,23,24)/t13-,18-/m0/s1. The molecule has 148 valence electrons. The van der Waals surface area contributed by atoms with Gasteiger partial charge in [0, 0.05) is 17.1 Å². The van der Waals surface area contributed by atoms with Crippen LogP contribution in [0, 0.1) is 5.92 Å². The zero-order valence-corrected chi connectivity index (χ0v) is 17.2. The van der Waals surface area contributed by atoms with Gasteiger partial charge in [-0.15, -0.1) is 0 Å². The molecule has 1 heterocycles. The van der Waals surface area contributed by atoms with Crippen molar-refractivity contribution in [3.8, 4) is 0 Å². The Bertz CT molecular complexity index is 1000. The lowest BCUT2D eigenvalue weighted by molar-refractivity contribution is -0.123. The molecule has 0 spiro atoms. The first-order chi connectivity index (χ1) is 13.3. The van der Waals surface area contributed by atoms with Crippen LogP contribution in [0.4, 0.5) is 0 Å². The third kappa shape index (κ3) is 4.36. The Morgan fingerprint density at radius 3 is 2.54 bits per heavy atom. The van der Waals surface area contributed by atoms with Crippen LogP contribution in [0.5, 0.6) is 0 Å². The van der Waals surface area contributed by atoms with Crippen molar-refractivity contribution < 1.29 is 13.2 Å². The highest BCUT2D eigenvalue weighted by Crippen LogP contribution is 2.24. The van der Waals surface area contributed by atoms with Gasteiger partial charge in [-0.3, -0.25) is 14.5 Å². The number of aliphatic imine (C=N–C) groups is 1. The third-order valence-electron chi connectivity index (χ3n) is 4.76. The molecule has 2 atom stereocenters. The fourth-order valence-corrected chi connectivity index (χ4v) is 4.30. The van der Waals surface area contributed by atoms with Crippen molar-refractivity contribution in [2.45, 2.75) is 37.8 Å². The van der Waals surface area contributed by atoms with Crippen LogP contribution in [-0.4, -0.2) is 26.2 Å². The highest BCUT2D eigenvalue weighted by molar-refractivity contribution is 7.90. The number of hydrogen-bond donors (Lipinski definition) is 2. The molecule has 1 aliphatic rings. The van der Waals surface area contributed by atoms with Crippen LogP contribution in [0.15, 0.2) is 58.4 Å². The molecule has 0 unspecified atom stereocenters. The van der Waals surface area contributed by atoms with Crippen LogP contribution >= 0.6 is 11.6 Å². The van der Waals surface area contributed by atoms with E-state index in [0.717, 1.165) is 12.0 Å². The van der Waals surface area contributed by atoms with E-state index in [1.165, 1.54) is 6.07 Å². The van der Waals surface area contributed by atoms with Crippen molar-refractivity contribution in [1.82, 2.24) is 10.0 Å². The predicted molar refractivity (Wildman–Crippen MR) is 110 cm³/mol. The summed E-state index contributed by atoms with van der Waals surface area (Å²) in [6, 6.07) is 13.1. The van der Waals surface area contributed by atoms with Gasteiger partial charge in [-0.05, 0) is 35.7 Å². The van der Waals surface area contributed by atoms with Crippen LogP contribution in [-0.2, 0) is 21.4 Å². The number of benzene rings is 2. The summed E-state index contributed by atoms with van der Waals surface area (Å²) in [7, 11) is -3.64. The van der Waals surface area contributed by atoms with E-state index in [1.807, 2.05) is 26.0 Å². The van der Waals surface area contributed by atoms with Crippen molar-refractivity contribution in [2.75, 3.05) is 0 Å². The third-order valence-corrected chi connectivity index (χ3v) is 6.41. The van der Waals surface area contributed by atoms with Crippen molar-refractivity contribution >= 4 is 33.4 Å². The fraction of sp³-hybridized carbons (Fsp3) is 0.300. The molecule has 0 aliphatic carbocycles. The highest BCUT2D eigenvalue weighted by atomic mass is 35.5. The molecule has 2 N–H and O–H groups in total. The van der Waals surface area contributed by atoms with Gasteiger partial charge in [0.25, 0.3) is 10.0 Å². The zero-order valence-electron chi connectivity index (χ0n) is 15.6. The molecule has 28 heavy (non-hydrogen) atoms. The summed E-state index contributed by atoms with van der Waals surface area (Å²) in [5, 5.41) is 3.52. The molecule has 8 heteroatoms. The summed E-state index contributed by atoms with van der Waals surface area (Å²) in [5.74, 6) is -0.0992. The summed E-state index contributed by atoms with van der Waals surface area (Å²) in [4.78, 5) is 17.5. The smallest absolute Gasteiger partial charge is 0.263 e. The molecule has 1 aliphatic heterocycles. The molecule has 2 aromatic carbocycles. The van der Waals surface area contributed by atoms with Gasteiger partial charge in [0.15, 0.2) is 0 Å². The predicted octanol–water partition coefficient (Wildman–Crippen LogP) is 3.11. The minimum atomic E-state index is -3.64. The van der Waals surface area contributed by atoms with Gasteiger partial charge in [0.1, 0.15) is 11.9 Å². The van der Waals surface area contributed by atoms with Crippen LogP contribution < -0.4 is 10.0 Å². The van der Waals surface area contributed by atoms with Gasteiger partial charge < -0.3 is 5.32 Å². The van der Waals surface area contributed by atoms with Gasteiger partial charge in [0.2, 0.25) is 5.91 Å². The van der Waals surface area contributed by atoms with Crippen LogP contribution in [0.2, 0.25) is 5.02 Å². The molecular weight excluding hydrogens is 398 g/mol. The molecule has 0 saturated heterocycles. The maximum Gasteiger partial charge on any atom is 0.263 e. The summed E-state index contributed by atoms with van der Waals surface area (Å²) >= 11 is 5.88. The summed E-state index contributed by atoms with van der Waals surface area (Å²) in [6.45, 7) is 4.24. The van der Waals surface area contributed by atoms with Crippen LogP contribution in [0.3, 0.4) is 0 Å². The van der Waals surface area contributed by atoms with Crippen molar-refractivity contribution in [2.24, 2.45) is 10.9 Å². The Morgan fingerprint density at radius 1 is 1.18 bits per heavy atom. The Kier molecular flexibility index (Phi) is 6.05. The van der Waals surface area contributed by atoms with E-state index in [2.05, 4.69) is 15.0 Å². The Hall–Kier alpha value is -2.38. The Morgan fingerprint density at radius 2 is 1.86 bits per heavy atom. The monoisotopic (exact) mass is 419 g/mol. The van der Waals surface area contributed by atoms with Crippen molar-refractivity contribution in [3.05, 3.63) is 64.7 Å². The molecule has 3 rings (SSSR count). The number of carbonyl (C=O) groups is 1. The molecule has 0 aromatic heterocycles. The van der Waals surface area contributed by atoms with Gasteiger partial charge in [0.05, 0.1) is 4.90 Å². The van der Waals surface area contributed by atoms with Gasteiger partial charge in [-0.25, -0.2) is 8.42 Å². The first-order valence-corrected chi connectivity index (χ1v) is 10.9. The van der Waals surface area contributed by atoms with E-state index in [1.54, 1.807) is 30.3 Å². The number of amides is 1. The second-order valence-corrected chi connectivity index (χ2v) is 8.84. The minimum absolute atomic E-state index is 0.0602. The number of nitrogens with one attached hydrogen (secondary N) is 2. The SMILES string of the molecule is CC[C@H](C)[C@H](N=C1NS(=O)(=O)c2ccccc21)C(=O)NCc1ccc(Cl)cc1. The summed E-state index contributed by atoms with van der Waals surface area (Å²) < 4.78 is 27.0. The average molecular weight is 420 g/mol. The number of fused-ring (bicyclic) bond motifs is 1. The molecule has 2 aromatic rings.